The number of esters is 4. The zero-order valence-electron chi connectivity index (χ0n) is 65.7. The van der Waals surface area contributed by atoms with Crippen LogP contribution >= 0.6 is 15.6 Å². The molecular weight excluding hydrogens is 1350 g/mol. The molecule has 600 valence electrons. The molecule has 0 spiro atoms. The molecule has 0 aromatic rings. The Labute approximate surface area is 632 Å². The number of phosphoric ester groups is 2. The maximum atomic E-state index is 13.1. The van der Waals surface area contributed by atoms with Crippen molar-refractivity contribution in [1.82, 2.24) is 0 Å². The van der Waals surface area contributed by atoms with Crippen LogP contribution < -0.4 is 0 Å². The van der Waals surface area contributed by atoms with Crippen molar-refractivity contribution in [3.63, 3.8) is 0 Å². The molecule has 3 N–H and O–H groups in total. The standard InChI is InChI=1S/C85H148O17P2/c1-5-9-13-17-21-25-29-32-35-37-39-41-44-47-51-54-58-62-66-70-83(88)96-76-81(102-85(90)72-68-64-60-56-52-48-45-42-40-38-36-33-30-26-22-18-14-10-6-2)78-100-104(93,94)98-74-79(86)73-97-103(91,92)99-77-80(101-84(89)71-67-63-59-55-49-28-24-20-16-12-8-4)75-95-82(87)69-65-61-57-53-50-46-43-34-31-27-23-19-15-11-7-3/h20-27,32-36,39-43,79-81,86H,5-19,28-31,37-38,44-78H2,1-4H3,(H,91,92)(H,93,94)/b24-20-,25-21-,26-22-,27-23-,35-32-,36-33-,41-39-,42-40-,43-34-. The number of hydrogen-bond donors (Lipinski definition) is 3. The molecule has 0 radical (unpaired) electrons. The monoisotopic (exact) mass is 1500 g/mol. The average Bonchev–Trinajstić information content (AvgIpc) is 0.908. The van der Waals surface area contributed by atoms with Crippen molar-refractivity contribution in [2.75, 3.05) is 39.6 Å². The van der Waals surface area contributed by atoms with Crippen LogP contribution in [-0.2, 0) is 65.4 Å². The zero-order chi connectivity index (χ0) is 76.0. The van der Waals surface area contributed by atoms with Gasteiger partial charge in [0.25, 0.3) is 0 Å². The van der Waals surface area contributed by atoms with E-state index >= 15 is 0 Å². The average molecular weight is 1500 g/mol. The molecule has 0 aliphatic heterocycles. The van der Waals surface area contributed by atoms with Crippen LogP contribution in [0.25, 0.3) is 0 Å². The van der Waals surface area contributed by atoms with Gasteiger partial charge in [-0.05, 0) is 154 Å². The number of ether oxygens (including phenoxy) is 4. The van der Waals surface area contributed by atoms with E-state index in [0.29, 0.717) is 25.7 Å². The lowest BCUT2D eigenvalue weighted by Gasteiger charge is -2.21. The predicted molar refractivity (Wildman–Crippen MR) is 427 cm³/mol. The Morgan fingerprint density at radius 1 is 0.269 bits per heavy atom. The van der Waals surface area contributed by atoms with Crippen molar-refractivity contribution < 1.29 is 80.2 Å². The third kappa shape index (κ3) is 75.9. The Hall–Kier alpha value is -4.28. The zero-order valence-corrected chi connectivity index (χ0v) is 67.5. The number of carbonyl (C=O) groups is 4. The predicted octanol–water partition coefficient (Wildman–Crippen LogP) is 24.1. The maximum absolute atomic E-state index is 13.1. The largest absolute Gasteiger partial charge is 0.472 e. The Balaban J connectivity index is 5.37. The molecule has 0 aliphatic rings. The van der Waals surface area contributed by atoms with Gasteiger partial charge in [0.1, 0.15) is 19.3 Å². The smallest absolute Gasteiger partial charge is 0.462 e. The summed E-state index contributed by atoms with van der Waals surface area (Å²) in [6.45, 7) is 4.73. The summed E-state index contributed by atoms with van der Waals surface area (Å²) in [5, 5.41) is 10.6. The first-order chi connectivity index (χ1) is 50.7. The van der Waals surface area contributed by atoms with Crippen molar-refractivity contribution in [2.45, 2.75) is 367 Å². The normalized spacial score (nSPS) is 14.4. The molecular formula is C85H148O17P2. The third-order valence-electron chi connectivity index (χ3n) is 17.2. The highest BCUT2D eigenvalue weighted by molar-refractivity contribution is 7.47. The molecule has 5 unspecified atom stereocenters. The molecule has 17 nitrogen and oxygen atoms in total. The summed E-state index contributed by atoms with van der Waals surface area (Å²) in [6, 6.07) is 0. The van der Waals surface area contributed by atoms with E-state index < -0.39 is 97.5 Å². The molecule has 0 rings (SSSR count). The van der Waals surface area contributed by atoms with Gasteiger partial charge in [0, 0.05) is 25.7 Å². The number of unbranched alkanes of at least 4 members (excludes halogenated alkanes) is 33. The number of rotatable bonds is 77. The van der Waals surface area contributed by atoms with Gasteiger partial charge in [0.15, 0.2) is 12.2 Å². The minimum atomic E-state index is -4.99. The molecule has 0 saturated heterocycles. The number of carbonyl (C=O) groups excluding carboxylic acids is 4. The van der Waals surface area contributed by atoms with Crippen LogP contribution in [0.3, 0.4) is 0 Å². The van der Waals surface area contributed by atoms with Gasteiger partial charge in [-0.25, -0.2) is 9.13 Å². The van der Waals surface area contributed by atoms with Gasteiger partial charge >= 0.3 is 39.5 Å². The van der Waals surface area contributed by atoms with E-state index in [0.717, 1.165) is 199 Å². The van der Waals surface area contributed by atoms with Crippen molar-refractivity contribution in [2.24, 2.45) is 0 Å². The molecule has 0 saturated carbocycles. The summed E-state index contributed by atoms with van der Waals surface area (Å²) in [5.74, 6) is -2.22. The highest BCUT2D eigenvalue weighted by Gasteiger charge is 2.30. The fourth-order valence-electron chi connectivity index (χ4n) is 10.8. The molecule has 0 aliphatic carbocycles. The molecule has 0 aromatic heterocycles. The number of aliphatic hydroxyl groups excluding tert-OH is 1. The summed E-state index contributed by atoms with van der Waals surface area (Å²) >= 11 is 0. The highest BCUT2D eigenvalue weighted by Crippen LogP contribution is 2.45. The van der Waals surface area contributed by atoms with Gasteiger partial charge in [0.05, 0.1) is 26.4 Å². The van der Waals surface area contributed by atoms with Gasteiger partial charge in [-0.3, -0.25) is 37.3 Å². The number of phosphoric acid groups is 2. The topological polar surface area (TPSA) is 237 Å². The quantitative estimate of drug-likeness (QED) is 0.0169. The highest BCUT2D eigenvalue weighted by atomic mass is 31.2. The second kappa shape index (κ2) is 76.9. The van der Waals surface area contributed by atoms with Gasteiger partial charge in [0.2, 0.25) is 0 Å². The van der Waals surface area contributed by atoms with Gasteiger partial charge in [-0.1, -0.05) is 278 Å². The number of aliphatic hydroxyl groups is 1. The van der Waals surface area contributed by atoms with E-state index in [9.17, 15) is 43.2 Å². The summed E-state index contributed by atoms with van der Waals surface area (Å²) in [5.41, 5.74) is 0. The van der Waals surface area contributed by atoms with Crippen molar-refractivity contribution in [1.29, 1.82) is 0 Å². The first-order valence-electron chi connectivity index (χ1n) is 41.1. The lowest BCUT2D eigenvalue weighted by atomic mass is 10.1. The molecule has 0 aromatic carbocycles. The van der Waals surface area contributed by atoms with Crippen LogP contribution in [-0.4, -0.2) is 96.7 Å². The molecule has 104 heavy (non-hydrogen) atoms. The lowest BCUT2D eigenvalue weighted by Crippen LogP contribution is -2.30. The second-order valence-corrected chi connectivity index (χ2v) is 30.3. The SMILES string of the molecule is CCCC/C=C\CCCCCCCC(=O)OC(COC(=O)CCCCCCC/C=C\C/C=C\CCCCC)COP(=O)(O)OCC(O)COP(=O)(O)OCC(COC(=O)CCCCCCCC/C=C\C/C=C\C/C=C\CCCCC)OC(=O)CCCCCCCC/C=C\C/C=C\C/C=C\CCCCC. The molecule has 0 fully saturated rings. The van der Waals surface area contributed by atoms with Crippen LogP contribution in [0.15, 0.2) is 109 Å². The third-order valence-corrected chi connectivity index (χ3v) is 19.1. The number of allylic oxidation sites excluding steroid dienone is 18. The Kier molecular flexibility index (Phi) is 73.7. The van der Waals surface area contributed by atoms with E-state index in [1.807, 2.05) is 0 Å². The summed E-state index contributed by atoms with van der Waals surface area (Å²) in [6.07, 6.45) is 83.4. The van der Waals surface area contributed by atoms with Crippen LogP contribution in [0.5, 0.6) is 0 Å². The Bertz CT molecular complexity index is 2390. The minimum absolute atomic E-state index is 0.0761. The van der Waals surface area contributed by atoms with Crippen molar-refractivity contribution in [3.05, 3.63) is 109 Å². The van der Waals surface area contributed by atoms with E-state index in [1.165, 1.54) is 70.6 Å². The van der Waals surface area contributed by atoms with Crippen molar-refractivity contribution >= 4 is 39.5 Å². The number of hydrogen-bond acceptors (Lipinski definition) is 15. The van der Waals surface area contributed by atoms with E-state index in [1.54, 1.807) is 0 Å². The minimum Gasteiger partial charge on any atom is -0.462 e. The van der Waals surface area contributed by atoms with Gasteiger partial charge in [-0.2, -0.15) is 0 Å². The summed E-state index contributed by atoms with van der Waals surface area (Å²) in [4.78, 5) is 73.0. The molecule has 19 heteroatoms. The maximum Gasteiger partial charge on any atom is 0.472 e. The van der Waals surface area contributed by atoms with Crippen molar-refractivity contribution in [3.8, 4) is 0 Å². The van der Waals surface area contributed by atoms with Crippen LogP contribution in [0.1, 0.15) is 349 Å². The van der Waals surface area contributed by atoms with Crippen LogP contribution in [0.2, 0.25) is 0 Å². The summed E-state index contributed by atoms with van der Waals surface area (Å²) < 4.78 is 68.6. The van der Waals surface area contributed by atoms with Crippen LogP contribution in [0, 0.1) is 0 Å². The second-order valence-electron chi connectivity index (χ2n) is 27.3. The lowest BCUT2D eigenvalue weighted by molar-refractivity contribution is -0.161. The summed E-state index contributed by atoms with van der Waals surface area (Å²) in [7, 11) is -9.97. The van der Waals surface area contributed by atoms with E-state index in [-0.39, 0.29) is 25.7 Å². The first kappa shape index (κ1) is 99.7. The van der Waals surface area contributed by atoms with Gasteiger partial charge in [-0.15, -0.1) is 0 Å². The fourth-order valence-corrected chi connectivity index (χ4v) is 12.4. The van der Waals surface area contributed by atoms with E-state index in [4.69, 9.17) is 37.0 Å². The first-order valence-corrected chi connectivity index (χ1v) is 44.1. The van der Waals surface area contributed by atoms with E-state index in [2.05, 4.69) is 137 Å². The van der Waals surface area contributed by atoms with Crippen LogP contribution in [0.4, 0.5) is 0 Å². The Morgan fingerprint density at radius 2 is 0.481 bits per heavy atom. The molecule has 0 heterocycles. The van der Waals surface area contributed by atoms with Gasteiger partial charge < -0.3 is 33.8 Å². The Morgan fingerprint density at radius 3 is 0.760 bits per heavy atom. The molecule has 0 amide bonds. The molecule has 5 atom stereocenters. The molecule has 0 bridgehead atoms. The fraction of sp³-hybridized carbons (Fsp3) is 0.741.